The van der Waals surface area contributed by atoms with E-state index in [2.05, 4.69) is 10.6 Å². The van der Waals surface area contributed by atoms with E-state index in [0.717, 1.165) is 38.2 Å². The van der Waals surface area contributed by atoms with Gasteiger partial charge in [0.05, 0.1) is 6.61 Å². The lowest BCUT2D eigenvalue weighted by molar-refractivity contribution is -0.117. The Morgan fingerprint density at radius 3 is 3.16 bits per heavy atom. The number of rotatable bonds is 3. The summed E-state index contributed by atoms with van der Waals surface area (Å²) in [4.78, 5) is 11.9. The fourth-order valence-electron chi connectivity index (χ4n) is 2.69. The molecule has 2 aliphatic heterocycles. The second kappa shape index (κ2) is 5.27. The lowest BCUT2D eigenvalue weighted by Crippen LogP contribution is -2.34. The Balaban J connectivity index is 1.66. The Morgan fingerprint density at radius 2 is 2.37 bits per heavy atom. The fourth-order valence-corrected chi connectivity index (χ4v) is 2.69. The van der Waals surface area contributed by atoms with E-state index in [9.17, 15) is 9.18 Å². The van der Waals surface area contributed by atoms with Gasteiger partial charge in [0.1, 0.15) is 11.9 Å². The summed E-state index contributed by atoms with van der Waals surface area (Å²) >= 11 is 0. The van der Waals surface area contributed by atoms with E-state index < -0.39 is 0 Å². The molecule has 1 saturated heterocycles. The Bertz CT molecular complexity index is 486. The van der Waals surface area contributed by atoms with Crippen molar-refractivity contribution in [3.05, 3.63) is 29.6 Å². The predicted molar refractivity (Wildman–Crippen MR) is 69.3 cm³/mol. The first-order chi connectivity index (χ1) is 9.24. The van der Waals surface area contributed by atoms with E-state index >= 15 is 0 Å². The summed E-state index contributed by atoms with van der Waals surface area (Å²) in [5, 5.41) is 5.97. The number of anilines is 1. The van der Waals surface area contributed by atoms with Gasteiger partial charge in [0.15, 0.2) is 0 Å². The van der Waals surface area contributed by atoms with E-state index in [1.54, 1.807) is 6.07 Å². The molecule has 3 rings (SSSR count). The number of carbonyl (C=O) groups excluding carboxylic acids is 1. The third kappa shape index (κ3) is 2.62. The van der Waals surface area contributed by atoms with Crippen LogP contribution in [0.15, 0.2) is 18.2 Å². The predicted octanol–water partition coefficient (Wildman–Crippen LogP) is 1.84. The molecule has 2 N–H and O–H groups in total. The van der Waals surface area contributed by atoms with E-state index in [1.807, 2.05) is 0 Å². The summed E-state index contributed by atoms with van der Waals surface area (Å²) in [7, 11) is 0. The van der Waals surface area contributed by atoms with Crippen molar-refractivity contribution in [1.29, 1.82) is 0 Å². The molecule has 1 amide bonds. The van der Waals surface area contributed by atoms with Gasteiger partial charge in [0, 0.05) is 24.4 Å². The molecule has 1 aromatic rings. The summed E-state index contributed by atoms with van der Waals surface area (Å²) in [6.07, 6.45) is 2.20. The highest BCUT2D eigenvalue weighted by atomic mass is 19.1. The maximum Gasteiger partial charge on any atom is 0.246 e. The van der Waals surface area contributed by atoms with Gasteiger partial charge in [-0.2, -0.15) is 0 Å². The zero-order valence-electron chi connectivity index (χ0n) is 10.6. The molecule has 0 aromatic heterocycles. The number of carbonyl (C=O) groups is 1. The monoisotopic (exact) mass is 264 g/mol. The van der Waals surface area contributed by atoms with Gasteiger partial charge >= 0.3 is 0 Å². The Morgan fingerprint density at radius 1 is 1.47 bits per heavy atom. The molecular weight excluding hydrogens is 247 g/mol. The summed E-state index contributed by atoms with van der Waals surface area (Å²) in [5.41, 5.74) is 1.39. The molecule has 102 valence electrons. The largest absolute Gasteiger partial charge is 0.381 e. The molecule has 1 fully saturated rings. The second-order valence-corrected chi connectivity index (χ2v) is 5.15. The zero-order valence-corrected chi connectivity index (χ0v) is 10.6. The molecule has 4 nitrogen and oxygen atoms in total. The standard InChI is InChI=1S/C14H17FN2O2/c15-10-3-4-11-12(6-10)17-14(18)13(11)16-7-9-2-1-5-19-8-9/h3-4,6,9,13,16H,1-2,5,7-8H2,(H,17,18). The molecule has 1 aromatic carbocycles. The van der Waals surface area contributed by atoms with Crippen LogP contribution in [-0.2, 0) is 9.53 Å². The van der Waals surface area contributed by atoms with Gasteiger partial charge in [0.25, 0.3) is 0 Å². The van der Waals surface area contributed by atoms with Crippen molar-refractivity contribution in [2.75, 3.05) is 25.1 Å². The number of benzene rings is 1. The Hall–Kier alpha value is -1.46. The minimum atomic E-state index is -0.377. The van der Waals surface area contributed by atoms with Crippen molar-refractivity contribution in [2.24, 2.45) is 5.92 Å². The maximum absolute atomic E-state index is 13.1. The average molecular weight is 264 g/mol. The highest BCUT2D eigenvalue weighted by Crippen LogP contribution is 2.31. The SMILES string of the molecule is O=C1Nc2cc(F)ccc2C1NCC1CCCOC1. The Labute approximate surface area is 111 Å². The third-order valence-electron chi connectivity index (χ3n) is 3.71. The van der Waals surface area contributed by atoms with Crippen molar-refractivity contribution >= 4 is 11.6 Å². The third-order valence-corrected chi connectivity index (χ3v) is 3.71. The normalized spacial score (nSPS) is 26.1. The first kappa shape index (κ1) is 12.6. The van der Waals surface area contributed by atoms with Gasteiger partial charge in [-0.25, -0.2) is 4.39 Å². The van der Waals surface area contributed by atoms with Crippen LogP contribution in [0.1, 0.15) is 24.4 Å². The van der Waals surface area contributed by atoms with Crippen molar-refractivity contribution in [3.63, 3.8) is 0 Å². The molecular formula is C14H17FN2O2. The minimum Gasteiger partial charge on any atom is -0.381 e. The number of halogens is 1. The van der Waals surface area contributed by atoms with Gasteiger partial charge < -0.3 is 15.4 Å². The van der Waals surface area contributed by atoms with Gasteiger partial charge in [0.2, 0.25) is 5.91 Å². The summed E-state index contributed by atoms with van der Waals surface area (Å²) < 4.78 is 18.5. The minimum absolute atomic E-state index is 0.114. The molecule has 2 unspecified atom stereocenters. The van der Waals surface area contributed by atoms with Crippen LogP contribution in [0.5, 0.6) is 0 Å². The lowest BCUT2D eigenvalue weighted by Gasteiger charge is -2.23. The molecule has 0 radical (unpaired) electrons. The lowest BCUT2D eigenvalue weighted by atomic mass is 10.0. The van der Waals surface area contributed by atoms with E-state index in [-0.39, 0.29) is 17.8 Å². The first-order valence-electron chi connectivity index (χ1n) is 6.65. The number of ether oxygens (including phenoxy) is 1. The van der Waals surface area contributed by atoms with Crippen LogP contribution in [-0.4, -0.2) is 25.7 Å². The number of amides is 1. The summed E-state index contributed by atoms with van der Waals surface area (Å²) in [5.74, 6) is 0.00348. The van der Waals surface area contributed by atoms with Crippen molar-refractivity contribution in [2.45, 2.75) is 18.9 Å². The van der Waals surface area contributed by atoms with Crippen molar-refractivity contribution in [3.8, 4) is 0 Å². The van der Waals surface area contributed by atoms with Crippen LogP contribution in [0, 0.1) is 11.7 Å². The number of hydrogen-bond donors (Lipinski definition) is 2. The smallest absolute Gasteiger partial charge is 0.246 e. The van der Waals surface area contributed by atoms with Gasteiger partial charge in [-0.1, -0.05) is 6.07 Å². The number of nitrogens with one attached hydrogen (secondary N) is 2. The highest BCUT2D eigenvalue weighted by molar-refractivity contribution is 6.02. The highest BCUT2D eigenvalue weighted by Gasteiger charge is 2.31. The van der Waals surface area contributed by atoms with Crippen LogP contribution in [0.25, 0.3) is 0 Å². The van der Waals surface area contributed by atoms with E-state index in [0.29, 0.717) is 11.6 Å². The topological polar surface area (TPSA) is 50.4 Å². The van der Waals surface area contributed by atoms with Crippen LogP contribution >= 0.6 is 0 Å². The molecule has 2 aliphatic rings. The second-order valence-electron chi connectivity index (χ2n) is 5.15. The van der Waals surface area contributed by atoms with Crippen LogP contribution in [0.2, 0.25) is 0 Å². The number of hydrogen-bond acceptors (Lipinski definition) is 3. The molecule has 0 spiro atoms. The van der Waals surface area contributed by atoms with Crippen LogP contribution in [0.4, 0.5) is 10.1 Å². The van der Waals surface area contributed by atoms with Crippen molar-refractivity contribution < 1.29 is 13.9 Å². The molecule has 2 atom stereocenters. The quantitative estimate of drug-likeness (QED) is 0.875. The average Bonchev–Trinajstić information content (AvgIpc) is 2.72. The van der Waals surface area contributed by atoms with E-state index in [4.69, 9.17) is 4.74 Å². The van der Waals surface area contributed by atoms with Crippen molar-refractivity contribution in [1.82, 2.24) is 5.32 Å². The molecule has 0 saturated carbocycles. The number of fused-ring (bicyclic) bond motifs is 1. The molecule has 0 bridgehead atoms. The Kier molecular flexibility index (Phi) is 3.48. The fraction of sp³-hybridized carbons (Fsp3) is 0.500. The molecule has 19 heavy (non-hydrogen) atoms. The van der Waals surface area contributed by atoms with Gasteiger partial charge in [-0.05, 0) is 30.9 Å². The molecule has 5 heteroatoms. The van der Waals surface area contributed by atoms with Gasteiger partial charge in [-0.15, -0.1) is 0 Å². The summed E-state index contributed by atoms with van der Waals surface area (Å²) in [6, 6.07) is 4.03. The zero-order chi connectivity index (χ0) is 13.2. The van der Waals surface area contributed by atoms with Gasteiger partial charge in [-0.3, -0.25) is 4.79 Å². The molecule has 0 aliphatic carbocycles. The summed E-state index contributed by atoms with van der Waals surface area (Å²) in [6.45, 7) is 2.33. The van der Waals surface area contributed by atoms with Crippen LogP contribution in [0.3, 0.4) is 0 Å². The molecule has 2 heterocycles. The van der Waals surface area contributed by atoms with E-state index in [1.165, 1.54) is 12.1 Å². The maximum atomic E-state index is 13.1. The van der Waals surface area contributed by atoms with Crippen LogP contribution < -0.4 is 10.6 Å². The first-order valence-corrected chi connectivity index (χ1v) is 6.65.